The van der Waals surface area contributed by atoms with Crippen molar-refractivity contribution in [1.82, 2.24) is 0 Å². The molecule has 1 nitrogen and oxygen atoms in total. The first-order valence-corrected chi connectivity index (χ1v) is 19.3. The standard InChI is InChI=1S/C31H48OS4/c1-19(28-33-13-14-34-28)5-8-25-20(2)27-26(32-25)17-24-22-7-6-21-18-31(35-15-16-36-31)12-11-29(21,3)23(22)9-10-30(24,27)4/h19-25,28H,5-18H2,1-4H3/t19-,20+,21+,22-,23+,24+,25+,29+,30+/m1/s1. The first kappa shape index (κ1) is 25.9. The molecule has 3 aliphatic heterocycles. The predicted molar refractivity (Wildman–Crippen MR) is 163 cm³/mol. The molecule has 0 bridgehead atoms. The summed E-state index contributed by atoms with van der Waals surface area (Å²) in [6, 6.07) is 0. The SMILES string of the molecule is C[C@H](CC[C@@H]1OC2=C([C@H]1C)[C@@]1(C)CC[C@H]3[C@@H](CC[C@H]4CC5(CC[C@@]43C)SCCS5)[C@@H]1C2)C1SCCS1. The first-order valence-electron chi connectivity index (χ1n) is 15.2. The van der Waals surface area contributed by atoms with Gasteiger partial charge in [-0.25, -0.2) is 0 Å². The summed E-state index contributed by atoms with van der Waals surface area (Å²) < 4.78 is 8.33. The monoisotopic (exact) mass is 564 g/mol. The Hall–Kier alpha value is 0.940. The van der Waals surface area contributed by atoms with E-state index in [-0.39, 0.29) is 0 Å². The highest BCUT2D eigenvalue weighted by Crippen LogP contribution is 2.71. The number of hydrogen-bond donors (Lipinski definition) is 0. The molecule has 0 unspecified atom stereocenters. The quantitative estimate of drug-likeness (QED) is 0.335. The molecule has 0 radical (unpaired) electrons. The van der Waals surface area contributed by atoms with Crippen LogP contribution in [-0.4, -0.2) is 37.8 Å². The maximum absolute atomic E-state index is 6.90. The Bertz CT molecular complexity index is 891. The average Bonchev–Trinajstić information content (AvgIpc) is 3.65. The van der Waals surface area contributed by atoms with Crippen molar-refractivity contribution >= 4 is 47.0 Å². The molecule has 5 fully saturated rings. The van der Waals surface area contributed by atoms with E-state index in [0.29, 0.717) is 26.9 Å². The van der Waals surface area contributed by atoms with Crippen molar-refractivity contribution in [3.05, 3.63) is 11.3 Å². The Kier molecular flexibility index (Phi) is 6.83. The van der Waals surface area contributed by atoms with Gasteiger partial charge in [0.1, 0.15) is 6.10 Å². The van der Waals surface area contributed by atoms with Gasteiger partial charge >= 0.3 is 0 Å². The molecule has 7 aliphatic rings. The van der Waals surface area contributed by atoms with E-state index in [2.05, 4.69) is 74.7 Å². The van der Waals surface area contributed by atoms with Gasteiger partial charge in [-0.1, -0.05) is 27.7 Å². The maximum atomic E-state index is 6.90. The van der Waals surface area contributed by atoms with Crippen molar-refractivity contribution < 1.29 is 4.74 Å². The largest absolute Gasteiger partial charge is 0.494 e. The van der Waals surface area contributed by atoms with Gasteiger partial charge in [0, 0.05) is 35.4 Å². The number of rotatable bonds is 4. The van der Waals surface area contributed by atoms with Crippen LogP contribution in [0.25, 0.3) is 0 Å². The molecule has 7 rings (SSSR count). The molecule has 0 aromatic carbocycles. The van der Waals surface area contributed by atoms with Gasteiger partial charge in [-0.05, 0) is 104 Å². The van der Waals surface area contributed by atoms with Gasteiger partial charge in [-0.15, -0.1) is 47.0 Å². The third kappa shape index (κ3) is 3.95. The highest BCUT2D eigenvalue weighted by atomic mass is 32.2. The van der Waals surface area contributed by atoms with Crippen LogP contribution in [0.15, 0.2) is 11.3 Å². The molecule has 1 spiro atoms. The second-order valence-corrected chi connectivity index (χ2v) is 20.1. The Labute approximate surface area is 238 Å². The zero-order valence-corrected chi connectivity index (χ0v) is 26.3. The Balaban J connectivity index is 1.03. The van der Waals surface area contributed by atoms with Crippen LogP contribution in [0.5, 0.6) is 0 Å². The second-order valence-electron chi connectivity index (χ2n) is 14.1. The lowest BCUT2D eigenvalue weighted by atomic mass is 9.44. The van der Waals surface area contributed by atoms with Gasteiger partial charge < -0.3 is 4.74 Å². The minimum Gasteiger partial charge on any atom is -0.494 e. The molecule has 0 aromatic heterocycles. The first-order chi connectivity index (χ1) is 17.3. The second kappa shape index (κ2) is 9.51. The summed E-state index contributed by atoms with van der Waals surface area (Å²) in [7, 11) is 0. The van der Waals surface area contributed by atoms with Crippen LogP contribution >= 0.6 is 47.0 Å². The number of hydrogen-bond acceptors (Lipinski definition) is 5. The molecule has 3 saturated carbocycles. The molecule has 2 saturated heterocycles. The molecular weight excluding hydrogens is 517 g/mol. The number of ether oxygens (including phenoxy) is 1. The van der Waals surface area contributed by atoms with Gasteiger partial charge in [0.25, 0.3) is 0 Å². The van der Waals surface area contributed by atoms with Gasteiger partial charge in [-0.3, -0.25) is 0 Å². The Morgan fingerprint density at radius 3 is 2.50 bits per heavy atom. The third-order valence-electron chi connectivity index (χ3n) is 12.5. The van der Waals surface area contributed by atoms with Crippen molar-refractivity contribution in [1.29, 1.82) is 0 Å². The molecule has 5 heteroatoms. The molecular formula is C31H48OS4. The van der Waals surface area contributed by atoms with Crippen LogP contribution in [0.2, 0.25) is 0 Å². The van der Waals surface area contributed by atoms with Crippen molar-refractivity contribution in [2.24, 2.45) is 46.3 Å². The number of thioether (sulfide) groups is 4. The van der Waals surface area contributed by atoms with Crippen LogP contribution in [0.3, 0.4) is 0 Å². The van der Waals surface area contributed by atoms with Crippen LogP contribution in [0.4, 0.5) is 0 Å². The zero-order valence-electron chi connectivity index (χ0n) is 23.1. The van der Waals surface area contributed by atoms with Crippen molar-refractivity contribution in [2.75, 3.05) is 23.0 Å². The van der Waals surface area contributed by atoms with Crippen LogP contribution in [-0.2, 0) is 4.74 Å². The Morgan fingerprint density at radius 2 is 1.72 bits per heavy atom. The van der Waals surface area contributed by atoms with Gasteiger partial charge in [0.05, 0.1) is 14.4 Å². The third-order valence-corrected chi connectivity index (χ3v) is 19.6. The summed E-state index contributed by atoms with van der Waals surface area (Å²) in [5, 5.41) is 0. The van der Waals surface area contributed by atoms with E-state index in [4.69, 9.17) is 4.74 Å². The van der Waals surface area contributed by atoms with Gasteiger partial charge in [0.15, 0.2) is 0 Å². The van der Waals surface area contributed by atoms with E-state index in [1.165, 1.54) is 93.0 Å². The fraction of sp³-hybridized carbons (Fsp3) is 0.935. The summed E-state index contributed by atoms with van der Waals surface area (Å²) in [4.78, 5) is 0. The molecule has 3 heterocycles. The molecule has 202 valence electrons. The zero-order chi connectivity index (χ0) is 24.7. The molecule has 4 aliphatic carbocycles. The summed E-state index contributed by atoms with van der Waals surface area (Å²) in [5.74, 6) is 12.2. The molecule has 0 amide bonds. The lowest BCUT2D eigenvalue weighted by Crippen LogP contribution is -2.54. The van der Waals surface area contributed by atoms with E-state index in [0.717, 1.165) is 34.2 Å². The fourth-order valence-corrected chi connectivity index (χ4v) is 17.0. The number of fused-ring (bicyclic) bond motifs is 6. The molecule has 9 atom stereocenters. The molecule has 0 aromatic rings. The van der Waals surface area contributed by atoms with Gasteiger partial charge in [0.2, 0.25) is 0 Å². The lowest BCUT2D eigenvalue weighted by molar-refractivity contribution is -0.104. The topological polar surface area (TPSA) is 9.23 Å². The van der Waals surface area contributed by atoms with Gasteiger partial charge in [-0.2, -0.15) is 0 Å². The highest BCUT2D eigenvalue weighted by molar-refractivity contribution is 8.21. The predicted octanol–water partition coefficient (Wildman–Crippen LogP) is 9.33. The van der Waals surface area contributed by atoms with E-state index in [1.807, 2.05) is 0 Å². The molecule has 36 heavy (non-hydrogen) atoms. The van der Waals surface area contributed by atoms with E-state index in [9.17, 15) is 0 Å². The fourth-order valence-electron chi connectivity index (χ4n) is 10.5. The Morgan fingerprint density at radius 1 is 0.944 bits per heavy atom. The summed E-state index contributed by atoms with van der Waals surface area (Å²) >= 11 is 9.05. The van der Waals surface area contributed by atoms with Crippen LogP contribution in [0.1, 0.15) is 91.9 Å². The van der Waals surface area contributed by atoms with Crippen molar-refractivity contribution in [3.63, 3.8) is 0 Å². The summed E-state index contributed by atoms with van der Waals surface area (Å²) in [6.45, 7) is 10.5. The maximum Gasteiger partial charge on any atom is 0.105 e. The van der Waals surface area contributed by atoms with E-state index < -0.39 is 0 Å². The number of allylic oxidation sites excluding steroid dienone is 1. The van der Waals surface area contributed by atoms with Crippen LogP contribution in [0, 0.1) is 46.3 Å². The highest BCUT2D eigenvalue weighted by Gasteiger charge is 2.63. The van der Waals surface area contributed by atoms with Crippen LogP contribution < -0.4 is 0 Å². The van der Waals surface area contributed by atoms with E-state index >= 15 is 0 Å². The normalized spacial score (nSPS) is 48.4. The van der Waals surface area contributed by atoms with Crippen molar-refractivity contribution in [3.8, 4) is 0 Å². The summed E-state index contributed by atoms with van der Waals surface area (Å²) in [5.41, 5.74) is 2.82. The summed E-state index contributed by atoms with van der Waals surface area (Å²) in [6.07, 6.45) is 14.7. The van der Waals surface area contributed by atoms with E-state index in [1.54, 1.807) is 5.57 Å². The van der Waals surface area contributed by atoms with Crippen molar-refractivity contribution in [2.45, 2.75) is 107 Å². The minimum atomic E-state index is 0.420. The average molecular weight is 565 g/mol. The lowest BCUT2D eigenvalue weighted by Gasteiger charge is -2.62. The smallest absolute Gasteiger partial charge is 0.105 e. The minimum absolute atomic E-state index is 0.420. The molecule has 0 N–H and O–H groups in total.